The van der Waals surface area contributed by atoms with Crippen molar-refractivity contribution in [2.75, 3.05) is 51.7 Å². The summed E-state index contributed by atoms with van der Waals surface area (Å²) in [6.45, 7) is 10.4. The van der Waals surface area contributed by atoms with E-state index in [2.05, 4.69) is 41.3 Å². The lowest BCUT2D eigenvalue weighted by Crippen LogP contribution is -2.54. The lowest BCUT2D eigenvalue weighted by molar-refractivity contribution is -0.137. The molecule has 164 valence electrons. The van der Waals surface area contributed by atoms with Crippen molar-refractivity contribution in [2.45, 2.75) is 33.0 Å². The summed E-state index contributed by atoms with van der Waals surface area (Å²) in [5.74, 6) is 0.529. The lowest BCUT2D eigenvalue weighted by Gasteiger charge is -2.39. The summed E-state index contributed by atoms with van der Waals surface area (Å²) >= 11 is 0. The number of piperazine rings is 1. The van der Waals surface area contributed by atoms with E-state index in [-0.39, 0.29) is 24.1 Å². The number of anilines is 1. The molecule has 0 radical (unpaired) electrons. The number of alkyl halides is 3. The number of halogens is 3. The van der Waals surface area contributed by atoms with Crippen LogP contribution in [0, 0.1) is 5.92 Å². The SMILES string of the molecule is CCOc1ccc(C(F)(F)F)cc1NC(=O)NCC(C(C)C)N1CCN(C)CC1. The smallest absolute Gasteiger partial charge is 0.416 e. The summed E-state index contributed by atoms with van der Waals surface area (Å²) < 4.78 is 44.4. The maximum atomic E-state index is 13.0. The topological polar surface area (TPSA) is 56.8 Å². The van der Waals surface area contributed by atoms with Crippen LogP contribution < -0.4 is 15.4 Å². The lowest BCUT2D eigenvalue weighted by atomic mass is 10.0. The van der Waals surface area contributed by atoms with Crippen LogP contribution in [0.3, 0.4) is 0 Å². The highest BCUT2D eigenvalue weighted by Crippen LogP contribution is 2.35. The van der Waals surface area contributed by atoms with E-state index < -0.39 is 17.8 Å². The molecule has 2 rings (SSSR count). The van der Waals surface area contributed by atoms with Crippen molar-refractivity contribution < 1.29 is 22.7 Å². The third-order valence-electron chi connectivity index (χ3n) is 5.10. The predicted octanol–water partition coefficient (Wildman–Crippen LogP) is 3.50. The van der Waals surface area contributed by atoms with Gasteiger partial charge in [-0.25, -0.2) is 4.79 Å². The van der Waals surface area contributed by atoms with Gasteiger partial charge in [0.1, 0.15) is 5.75 Å². The number of carbonyl (C=O) groups excluding carboxylic acids is 1. The molecule has 6 nitrogen and oxygen atoms in total. The molecule has 1 heterocycles. The van der Waals surface area contributed by atoms with Crippen LogP contribution in [0.1, 0.15) is 26.3 Å². The molecule has 2 N–H and O–H groups in total. The minimum absolute atomic E-state index is 0.000121. The van der Waals surface area contributed by atoms with Gasteiger partial charge in [0.2, 0.25) is 0 Å². The molecule has 1 atom stereocenters. The Hall–Kier alpha value is -2.00. The van der Waals surface area contributed by atoms with Gasteiger partial charge in [-0.2, -0.15) is 13.2 Å². The first kappa shape index (κ1) is 23.3. The van der Waals surface area contributed by atoms with Crippen molar-refractivity contribution in [3.63, 3.8) is 0 Å². The molecule has 0 saturated carbocycles. The Labute approximate surface area is 170 Å². The van der Waals surface area contributed by atoms with E-state index in [9.17, 15) is 18.0 Å². The van der Waals surface area contributed by atoms with Crippen molar-refractivity contribution >= 4 is 11.7 Å². The van der Waals surface area contributed by atoms with Crippen molar-refractivity contribution in [1.29, 1.82) is 0 Å². The van der Waals surface area contributed by atoms with Gasteiger partial charge in [0.25, 0.3) is 0 Å². The Morgan fingerprint density at radius 2 is 1.86 bits per heavy atom. The van der Waals surface area contributed by atoms with Crippen molar-refractivity contribution in [3.05, 3.63) is 23.8 Å². The number of urea groups is 1. The molecule has 0 bridgehead atoms. The van der Waals surface area contributed by atoms with Crippen LogP contribution in [0.25, 0.3) is 0 Å². The van der Waals surface area contributed by atoms with E-state index >= 15 is 0 Å². The Bertz CT molecular complexity index is 674. The molecule has 9 heteroatoms. The summed E-state index contributed by atoms with van der Waals surface area (Å²) in [5.41, 5.74) is -0.839. The summed E-state index contributed by atoms with van der Waals surface area (Å²) in [7, 11) is 2.08. The number of nitrogens with one attached hydrogen (secondary N) is 2. The average molecular weight is 416 g/mol. The number of hydrogen-bond acceptors (Lipinski definition) is 4. The van der Waals surface area contributed by atoms with Gasteiger partial charge in [-0.3, -0.25) is 4.90 Å². The minimum Gasteiger partial charge on any atom is -0.492 e. The summed E-state index contributed by atoms with van der Waals surface area (Å²) in [5, 5.41) is 5.32. The first-order valence-corrected chi connectivity index (χ1v) is 9.93. The van der Waals surface area contributed by atoms with Gasteiger partial charge in [0, 0.05) is 38.8 Å². The fourth-order valence-electron chi connectivity index (χ4n) is 3.39. The highest BCUT2D eigenvalue weighted by atomic mass is 19.4. The molecule has 1 aliphatic rings. The van der Waals surface area contributed by atoms with Crippen molar-refractivity contribution in [1.82, 2.24) is 15.1 Å². The number of amides is 2. The number of likely N-dealkylation sites (N-methyl/N-ethyl adjacent to an activating group) is 1. The van der Waals surface area contributed by atoms with E-state index in [1.165, 1.54) is 6.07 Å². The monoisotopic (exact) mass is 416 g/mol. The number of rotatable bonds is 7. The van der Waals surface area contributed by atoms with E-state index in [0.29, 0.717) is 12.5 Å². The number of ether oxygens (including phenoxy) is 1. The molecule has 1 saturated heterocycles. The van der Waals surface area contributed by atoms with Crippen LogP contribution in [0.15, 0.2) is 18.2 Å². The first-order valence-electron chi connectivity index (χ1n) is 9.93. The standard InChI is InChI=1S/C20H31F3N4O2/c1-5-29-18-7-6-15(20(21,22)23)12-16(18)25-19(28)24-13-17(14(2)3)27-10-8-26(4)9-11-27/h6-7,12,14,17H,5,8-11,13H2,1-4H3,(H2,24,25,28). The fourth-order valence-corrected chi connectivity index (χ4v) is 3.39. The molecule has 1 fully saturated rings. The van der Waals surface area contributed by atoms with Crippen LogP contribution in [0.5, 0.6) is 5.75 Å². The Kier molecular flexibility index (Phi) is 8.15. The summed E-state index contributed by atoms with van der Waals surface area (Å²) in [6, 6.07) is 2.66. The molecular weight excluding hydrogens is 385 g/mol. The maximum Gasteiger partial charge on any atom is 0.416 e. The largest absolute Gasteiger partial charge is 0.492 e. The molecule has 29 heavy (non-hydrogen) atoms. The molecule has 0 aliphatic carbocycles. The predicted molar refractivity (Wildman–Crippen MR) is 107 cm³/mol. The highest BCUT2D eigenvalue weighted by Gasteiger charge is 2.31. The number of hydrogen-bond donors (Lipinski definition) is 2. The van der Waals surface area contributed by atoms with E-state index in [0.717, 1.165) is 38.3 Å². The summed E-state index contributed by atoms with van der Waals surface area (Å²) in [4.78, 5) is 17.0. The van der Waals surface area contributed by atoms with Crippen LogP contribution in [0.2, 0.25) is 0 Å². The minimum atomic E-state index is -4.50. The fraction of sp³-hybridized carbons (Fsp3) is 0.650. The molecular formula is C20H31F3N4O2. The molecule has 0 spiro atoms. The van der Waals surface area contributed by atoms with Crippen molar-refractivity contribution in [3.8, 4) is 5.75 Å². The van der Waals surface area contributed by atoms with Crippen LogP contribution in [-0.2, 0) is 6.18 Å². The van der Waals surface area contributed by atoms with Gasteiger partial charge in [-0.1, -0.05) is 13.8 Å². The second-order valence-corrected chi connectivity index (χ2v) is 7.63. The summed E-state index contributed by atoms with van der Waals surface area (Å²) in [6.07, 6.45) is -4.50. The number of benzene rings is 1. The Balaban J connectivity index is 2.03. The Morgan fingerprint density at radius 1 is 1.21 bits per heavy atom. The zero-order chi connectivity index (χ0) is 21.6. The van der Waals surface area contributed by atoms with E-state index in [4.69, 9.17) is 4.74 Å². The van der Waals surface area contributed by atoms with Crippen molar-refractivity contribution in [2.24, 2.45) is 5.92 Å². The van der Waals surface area contributed by atoms with Crippen LogP contribution in [0.4, 0.5) is 23.7 Å². The van der Waals surface area contributed by atoms with Crippen LogP contribution in [-0.4, -0.2) is 68.3 Å². The molecule has 1 unspecified atom stereocenters. The second-order valence-electron chi connectivity index (χ2n) is 7.63. The molecule has 0 aromatic heterocycles. The van der Waals surface area contributed by atoms with E-state index in [1.54, 1.807) is 6.92 Å². The van der Waals surface area contributed by atoms with E-state index in [1.807, 2.05) is 0 Å². The molecule has 1 aliphatic heterocycles. The number of nitrogens with zero attached hydrogens (tertiary/aromatic N) is 2. The third kappa shape index (κ3) is 6.78. The zero-order valence-corrected chi connectivity index (χ0v) is 17.5. The second kappa shape index (κ2) is 10.2. The average Bonchev–Trinajstić information content (AvgIpc) is 2.64. The number of carbonyl (C=O) groups is 1. The van der Waals surface area contributed by atoms with Crippen LogP contribution >= 0.6 is 0 Å². The van der Waals surface area contributed by atoms with Gasteiger partial charge >= 0.3 is 12.2 Å². The van der Waals surface area contributed by atoms with Gasteiger partial charge in [0.05, 0.1) is 17.9 Å². The quantitative estimate of drug-likeness (QED) is 0.715. The third-order valence-corrected chi connectivity index (χ3v) is 5.10. The Morgan fingerprint density at radius 3 is 2.41 bits per heavy atom. The van der Waals surface area contributed by atoms with Gasteiger partial charge in [0.15, 0.2) is 0 Å². The van der Waals surface area contributed by atoms with Gasteiger partial charge < -0.3 is 20.3 Å². The maximum absolute atomic E-state index is 13.0. The van der Waals surface area contributed by atoms with Gasteiger partial charge in [-0.05, 0) is 38.1 Å². The zero-order valence-electron chi connectivity index (χ0n) is 17.5. The van der Waals surface area contributed by atoms with Gasteiger partial charge in [-0.15, -0.1) is 0 Å². The normalized spacial score (nSPS) is 17.2. The first-order chi connectivity index (χ1) is 13.6. The highest BCUT2D eigenvalue weighted by molar-refractivity contribution is 5.91. The molecule has 1 aromatic rings. The molecule has 2 amide bonds. The molecule has 1 aromatic carbocycles.